The fourth-order valence-corrected chi connectivity index (χ4v) is 5.04. The van der Waals surface area contributed by atoms with Crippen LogP contribution in [0.5, 0.6) is 0 Å². The molecule has 0 atom stereocenters. The number of hydrogen-bond donors (Lipinski definition) is 4. The number of hydrogen-bond acceptors (Lipinski definition) is 8. The van der Waals surface area contributed by atoms with Crippen LogP contribution in [0, 0.1) is 5.82 Å². The number of aromatic amines is 1. The molecule has 0 saturated carbocycles. The van der Waals surface area contributed by atoms with Crippen LogP contribution in [0.2, 0.25) is 0 Å². The molecule has 3 heterocycles. The van der Waals surface area contributed by atoms with Crippen molar-refractivity contribution in [3.05, 3.63) is 87.4 Å². The molecule has 0 unspecified atom stereocenters. The van der Waals surface area contributed by atoms with Crippen molar-refractivity contribution in [2.45, 2.75) is 6.54 Å². The van der Waals surface area contributed by atoms with Gasteiger partial charge in [0, 0.05) is 36.5 Å². The number of aliphatic hydroxyl groups excluding tert-OH is 1. The summed E-state index contributed by atoms with van der Waals surface area (Å²) in [5.74, 6) is -0.550. The smallest absolute Gasteiger partial charge is 0.287 e. The van der Waals surface area contributed by atoms with Gasteiger partial charge in [0.15, 0.2) is 5.82 Å². The summed E-state index contributed by atoms with van der Waals surface area (Å²) < 4.78 is 17.3. The van der Waals surface area contributed by atoms with Gasteiger partial charge in [0.1, 0.15) is 11.5 Å². The number of thiophene rings is 1. The Morgan fingerprint density at radius 3 is 2.77 bits per heavy atom. The Hall–Kier alpha value is -4.39. The Balaban J connectivity index is 1.37. The number of nitrogens with zero attached hydrogens (tertiary/aromatic N) is 4. The Kier molecular flexibility index (Phi) is 7.50. The van der Waals surface area contributed by atoms with Gasteiger partial charge in [-0.15, -0.1) is 11.3 Å². The number of halogens is 1. The first-order valence-electron chi connectivity index (χ1n) is 12.1. The predicted molar refractivity (Wildman–Crippen MR) is 150 cm³/mol. The summed E-state index contributed by atoms with van der Waals surface area (Å²) in [5.41, 5.74) is 1.50. The SMILES string of the molecule is CN(CCO)Cc1cc(Nc2cc(-c3ccc(F)c(NC(=O)c4cc5ccccc5s4)c3)n[nH]c2=O)nn1C. The second-order valence-electron chi connectivity index (χ2n) is 9.02. The summed E-state index contributed by atoms with van der Waals surface area (Å²) in [5, 5.41) is 26.7. The second kappa shape index (κ2) is 11.2. The number of aryl methyl sites for hydroxylation is 1. The number of rotatable bonds is 9. The minimum absolute atomic E-state index is 0.00108. The zero-order valence-corrected chi connectivity index (χ0v) is 22.1. The second-order valence-corrected chi connectivity index (χ2v) is 10.1. The fourth-order valence-electron chi connectivity index (χ4n) is 4.08. The van der Waals surface area contributed by atoms with Crippen LogP contribution in [-0.2, 0) is 13.6 Å². The van der Waals surface area contributed by atoms with Gasteiger partial charge >= 0.3 is 0 Å². The van der Waals surface area contributed by atoms with Crippen molar-refractivity contribution in [2.75, 3.05) is 30.8 Å². The van der Waals surface area contributed by atoms with Crippen molar-refractivity contribution < 1.29 is 14.3 Å². The lowest BCUT2D eigenvalue weighted by atomic mass is 10.1. The highest BCUT2D eigenvalue weighted by Gasteiger charge is 2.15. The maximum atomic E-state index is 14.6. The number of carbonyl (C=O) groups is 1. The number of aliphatic hydroxyl groups is 1. The van der Waals surface area contributed by atoms with E-state index in [0.717, 1.165) is 15.8 Å². The van der Waals surface area contributed by atoms with Gasteiger partial charge in [-0.3, -0.25) is 19.2 Å². The zero-order valence-electron chi connectivity index (χ0n) is 21.2. The highest BCUT2D eigenvalue weighted by atomic mass is 32.1. The lowest BCUT2D eigenvalue weighted by Gasteiger charge is -2.14. The molecule has 0 spiro atoms. The van der Waals surface area contributed by atoms with E-state index in [1.807, 2.05) is 42.3 Å². The van der Waals surface area contributed by atoms with Gasteiger partial charge in [-0.05, 0) is 48.8 Å². The third kappa shape index (κ3) is 5.87. The highest BCUT2D eigenvalue weighted by Crippen LogP contribution is 2.28. The van der Waals surface area contributed by atoms with Gasteiger partial charge in [-0.2, -0.15) is 10.2 Å². The number of aromatic nitrogens is 4. The van der Waals surface area contributed by atoms with Crippen LogP contribution < -0.4 is 16.2 Å². The van der Waals surface area contributed by atoms with E-state index in [9.17, 15) is 14.0 Å². The van der Waals surface area contributed by atoms with Crippen LogP contribution in [0.4, 0.5) is 21.6 Å². The topological polar surface area (TPSA) is 128 Å². The van der Waals surface area contributed by atoms with Crippen LogP contribution in [0.1, 0.15) is 15.4 Å². The molecule has 39 heavy (non-hydrogen) atoms. The normalized spacial score (nSPS) is 11.3. The maximum Gasteiger partial charge on any atom is 0.287 e. The maximum absolute atomic E-state index is 14.6. The minimum atomic E-state index is -0.594. The van der Waals surface area contributed by atoms with E-state index in [2.05, 4.69) is 25.9 Å². The number of carbonyl (C=O) groups excluding carboxylic acids is 1. The van der Waals surface area contributed by atoms with E-state index in [0.29, 0.717) is 35.0 Å². The molecule has 10 nitrogen and oxygen atoms in total. The summed E-state index contributed by atoms with van der Waals surface area (Å²) in [6, 6.07) is 17.0. The zero-order chi connectivity index (χ0) is 27.5. The van der Waals surface area contributed by atoms with Gasteiger partial charge in [-0.25, -0.2) is 9.49 Å². The van der Waals surface area contributed by atoms with Gasteiger partial charge in [0.05, 0.1) is 28.6 Å². The molecule has 0 fully saturated rings. The quantitative estimate of drug-likeness (QED) is 0.220. The molecule has 2 aromatic carbocycles. The lowest BCUT2D eigenvalue weighted by molar-refractivity contribution is 0.103. The number of likely N-dealkylation sites (N-methyl/N-ethyl adjacent to an activating group) is 1. The molecule has 0 aliphatic heterocycles. The molecular formula is C27H26FN7O3S. The van der Waals surface area contributed by atoms with Crippen LogP contribution in [0.15, 0.2) is 65.5 Å². The molecule has 0 aliphatic rings. The lowest BCUT2D eigenvalue weighted by Crippen LogP contribution is -2.22. The van der Waals surface area contributed by atoms with Crippen LogP contribution in [-0.4, -0.2) is 56.1 Å². The van der Waals surface area contributed by atoms with E-state index in [1.165, 1.54) is 35.6 Å². The largest absolute Gasteiger partial charge is 0.395 e. The minimum Gasteiger partial charge on any atom is -0.395 e. The molecule has 5 rings (SSSR count). The Morgan fingerprint density at radius 1 is 1.15 bits per heavy atom. The van der Waals surface area contributed by atoms with Crippen LogP contribution in [0.25, 0.3) is 21.3 Å². The van der Waals surface area contributed by atoms with Gasteiger partial charge < -0.3 is 15.7 Å². The van der Waals surface area contributed by atoms with Crippen LogP contribution in [0.3, 0.4) is 0 Å². The number of amides is 1. The standard InChI is InChI=1S/C27H26FN7O3S/c1-34(9-10-36)15-18-13-25(33-35(18)2)29-22-14-20(31-32-26(22)37)16-7-8-19(28)21(11-16)30-27(38)24-12-17-5-3-4-6-23(17)39-24/h3-8,11-14,36H,9-10,15H2,1-2H3,(H,30,38)(H,32,37)(H,29,31,33). The molecule has 200 valence electrons. The van der Waals surface area contributed by atoms with E-state index in [4.69, 9.17) is 5.11 Å². The van der Waals surface area contributed by atoms with E-state index in [1.54, 1.807) is 17.8 Å². The highest BCUT2D eigenvalue weighted by molar-refractivity contribution is 7.20. The summed E-state index contributed by atoms with van der Waals surface area (Å²) in [4.78, 5) is 27.8. The first kappa shape index (κ1) is 26.2. The van der Waals surface area contributed by atoms with E-state index >= 15 is 0 Å². The third-order valence-electron chi connectivity index (χ3n) is 6.12. The van der Waals surface area contributed by atoms with Crippen molar-refractivity contribution in [1.29, 1.82) is 0 Å². The molecule has 0 aliphatic carbocycles. The Labute approximate surface area is 226 Å². The average Bonchev–Trinajstić information content (AvgIpc) is 3.50. The van der Waals surface area contributed by atoms with Crippen molar-refractivity contribution in [1.82, 2.24) is 24.9 Å². The number of anilines is 3. The Morgan fingerprint density at radius 2 is 1.97 bits per heavy atom. The van der Waals surface area contributed by atoms with Crippen LogP contribution >= 0.6 is 11.3 Å². The first-order chi connectivity index (χ1) is 18.8. The molecule has 12 heteroatoms. The molecule has 0 saturated heterocycles. The Bertz CT molecular complexity index is 1680. The summed E-state index contributed by atoms with van der Waals surface area (Å²) >= 11 is 1.33. The number of H-pyrrole nitrogens is 1. The summed E-state index contributed by atoms with van der Waals surface area (Å²) in [6.45, 7) is 1.13. The molecular weight excluding hydrogens is 521 g/mol. The van der Waals surface area contributed by atoms with Crippen molar-refractivity contribution in [3.8, 4) is 11.3 Å². The number of nitrogens with one attached hydrogen (secondary N) is 3. The monoisotopic (exact) mass is 547 g/mol. The molecule has 0 bridgehead atoms. The fraction of sp³-hybridized carbons (Fsp3) is 0.185. The molecule has 1 amide bonds. The average molecular weight is 548 g/mol. The van der Waals surface area contributed by atoms with E-state index in [-0.39, 0.29) is 18.0 Å². The molecule has 5 aromatic rings. The van der Waals surface area contributed by atoms with Gasteiger partial charge in [0.25, 0.3) is 11.5 Å². The molecule has 0 radical (unpaired) electrons. The van der Waals surface area contributed by atoms with Gasteiger partial charge in [-0.1, -0.05) is 18.2 Å². The molecule has 4 N–H and O–H groups in total. The predicted octanol–water partition coefficient (Wildman–Crippen LogP) is 3.94. The first-order valence-corrected chi connectivity index (χ1v) is 12.9. The van der Waals surface area contributed by atoms with E-state index < -0.39 is 17.3 Å². The van der Waals surface area contributed by atoms with Crippen molar-refractivity contribution in [3.63, 3.8) is 0 Å². The third-order valence-corrected chi connectivity index (χ3v) is 7.23. The van der Waals surface area contributed by atoms with Gasteiger partial charge in [0.2, 0.25) is 0 Å². The summed E-state index contributed by atoms with van der Waals surface area (Å²) in [7, 11) is 3.68. The number of fused-ring (bicyclic) bond motifs is 1. The van der Waals surface area contributed by atoms with Crippen molar-refractivity contribution in [2.24, 2.45) is 7.05 Å². The van der Waals surface area contributed by atoms with Crippen molar-refractivity contribution >= 4 is 44.5 Å². The number of benzene rings is 2. The molecule has 3 aromatic heterocycles. The summed E-state index contributed by atoms with van der Waals surface area (Å²) in [6.07, 6.45) is 0.